The molecule has 0 aliphatic rings. The highest BCUT2D eigenvalue weighted by Crippen LogP contribution is 2.22. The largest absolute Gasteiger partial charge is 0.441 e. The summed E-state index contributed by atoms with van der Waals surface area (Å²) in [5, 5.41) is 5.78. The van der Waals surface area contributed by atoms with Gasteiger partial charge in [-0.1, -0.05) is 6.07 Å². The topological polar surface area (TPSA) is 67.2 Å². The molecule has 0 fully saturated rings. The van der Waals surface area contributed by atoms with E-state index in [0.29, 0.717) is 18.9 Å². The molecule has 0 saturated carbocycles. The van der Waals surface area contributed by atoms with E-state index >= 15 is 0 Å². The summed E-state index contributed by atoms with van der Waals surface area (Å²) in [6.07, 6.45) is 2.12. The number of hydrogen-bond acceptors (Lipinski definition) is 4. The lowest BCUT2D eigenvalue weighted by molar-refractivity contribution is -0.116. The molecule has 2 aromatic rings. The van der Waals surface area contributed by atoms with Gasteiger partial charge in [-0.2, -0.15) is 0 Å². The SMILES string of the molecule is CNCCC(=O)Nc1cccc(-c2ncc(C)o2)c1.Cl. The smallest absolute Gasteiger partial charge is 0.226 e. The number of benzene rings is 1. The van der Waals surface area contributed by atoms with Gasteiger partial charge >= 0.3 is 0 Å². The number of carbonyl (C=O) groups excluding carboxylic acids is 1. The predicted molar refractivity (Wildman–Crippen MR) is 81.1 cm³/mol. The summed E-state index contributed by atoms with van der Waals surface area (Å²) < 4.78 is 5.46. The highest BCUT2D eigenvalue weighted by atomic mass is 35.5. The molecule has 1 aromatic carbocycles. The van der Waals surface area contributed by atoms with Gasteiger partial charge in [-0.25, -0.2) is 4.98 Å². The van der Waals surface area contributed by atoms with Crippen LogP contribution in [0.4, 0.5) is 5.69 Å². The Labute approximate surface area is 124 Å². The lowest BCUT2D eigenvalue weighted by atomic mass is 10.2. The molecule has 0 aliphatic carbocycles. The van der Waals surface area contributed by atoms with Gasteiger partial charge < -0.3 is 15.1 Å². The van der Waals surface area contributed by atoms with E-state index in [1.165, 1.54) is 0 Å². The van der Waals surface area contributed by atoms with Crippen LogP contribution in [0.2, 0.25) is 0 Å². The lowest BCUT2D eigenvalue weighted by Gasteiger charge is -2.06. The van der Waals surface area contributed by atoms with Crippen LogP contribution >= 0.6 is 12.4 Å². The van der Waals surface area contributed by atoms with Crippen molar-refractivity contribution in [1.82, 2.24) is 10.3 Å². The molecule has 0 bridgehead atoms. The van der Waals surface area contributed by atoms with Crippen LogP contribution in [0.3, 0.4) is 0 Å². The third-order valence-corrected chi connectivity index (χ3v) is 2.62. The Kier molecular flexibility index (Phi) is 6.21. The van der Waals surface area contributed by atoms with Gasteiger partial charge in [0.15, 0.2) is 0 Å². The zero-order valence-corrected chi connectivity index (χ0v) is 12.3. The minimum Gasteiger partial charge on any atom is -0.441 e. The standard InChI is InChI=1S/C14H17N3O2.ClH/c1-10-9-16-14(19-10)11-4-3-5-12(8-11)17-13(18)6-7-15-2;/h3-5,8-9,15H,6-7H2,1-2H3,(H,17,18);1H. The van der Waals surface area contributed by atoms with Crippen LogP contribution in [0.25, 0.3) is 11.5 Å². The first kappa shape index (κ1) is 16.2. The number of nitrogens with one attached hydrogen (secondary N) is 2. The monoisotopic (exact) mass is 295 g/mol. The van der Waals surface area contributed by atoms with Crippen molar-refractivity contribution in [3.8, 4) is 11.5 Å². The molecular weight excluding hydrogens is 278 g/mol. The summed E-state index contributed by atoms with van der Waals surface area (Å²) in [5.74, 6) is 1.30. The van der Waals surface area contributed by atoms with Crippen molar-refractivity contribution >= 4 is 24.0 Å². The van der Waals surface area contributed by atoms with Crippen LogP contribution in [0.1, 0.15) is 12.2 Å². The van der Waals surface area contributed by atoms with Crippen molar-refractivity contribution in [3.63, 3.8) is 0 Å². The molecule has 108 valence electrons. The molecule has 0 spiro atoms. The van der Waals surface area contributed by atoms with E-state index < -0.39 is 0 Å². The van der Waals surface area contributed by atoms with Crippen LogP contribution < -0.4 is 10.6 Å². The molecular formula is C14H18ClN3O2. The average Bonchev–Trinajstić information content (AvgIpc) is 2.83. The molecule has 0 atom stereocenters. The molecule has 1 amide bonds. The van der Waals surface area contributed by atoms with Gasteiger partial charge in [0.05, 0.1) is 6.20 Å². The summed E-state index contributed by atoms with van der Waals surface area (Å²) >= 11 is 0. The van der Waals surface area contributed by atoms with E-state index in [1.807, 2.05) is 38.2 Å². The molecule has 20 heavy (non-hydrogen) atoms. The van der Waals surface area contributed by atoms with E-state index in [1.54, 1.807) is 6.20 Å². The quantitative estimate of drug-likeness (QED) is 0.890. The van der Waals surface area contributed by atoms with E-state index in [-0.39, 0.29) is 18.3 Å². The van der Waals surface area contributed by atoms with Crippen LogP contribution in [0, 0.1) is 6.92 Å². The Morgan fingerprint density at radius 3 is 2.85 bits per heavy atom. The maximum Gasteiger partial charge on any atom is 0.226 e. The molecule has 0 saturated heterocycles. The molecule has 5 nitrogen and oxygen atoms in total. The van der Waals surface area contributed by atoms with Crippen molar-refractivity contribution in [2.45, 2.75) is 13.3 Å². The van der Waals surface area contributed by atoms with E-state index in [0.717, 1.165) is 17.0 Å². The van der Waals surface area contributed by atoms with Gasteiger partial charge in [0.2, 0.25) is 11.8 Å². The molecule has 1 heterocycles. The van der Waals surface area contributed by atoms with Crippen molar-refractivity contribution in [2.75, 3.05) is 18.9 Å². The van der Waals surface area contributed by atoms with E-state index in [2.05, 4.69) is 15.6 Å². The number of carbonyl (C=O) groups is 1. The predicted octanol–water partition coefficient (Wildman–Crippen LogP) is 2.62. The van der Waals surface area contributed by atoms with Gasteiger partial charge in [0.1, 0.15) is 5.76 Å². The van der Waals surface area contributed by atoms with Crippen LogP contribution in [0.5, 0.6) is 0 Å². The molecule has 2 N–H and O–H groups in total. The van der Waals surface area contributed by atoms with Crippen LogP contribution in [-0.4, -0.2) is 24.5 Å². The second-order valence-electron chi connectivity index (χ2n) is 4.26. The van der Waals surface area contributed by atoms with Crippen LogP contribution in [-0.2, 0) is 4.79 Å². The molecule has 2 rings (SSSR count). The number of aromatic nitrogens is 1. The Morgan fingerprint density at radius 1 is 1.40 bits per heavy atom. The minimum absolute atomic E-state index is 0. The van der Waals surface area contributed by atoms with Gasteiger partial charge in [-0.3, -0.25) is 4.79 Å². The van der Waals surface area contributed by atoms with Gasteiger partial charge in [0.25, 0.3) is 0 Å². The highest BCUT2D eigenvalue weighted by Gasteiger charge is 2.06. The third kappa shape index (κ3) is 4.36. The van der Waals surface area contributed by atoms with Gasteiger partial charge in [0, 0.05) is 24.2 Å². The van der Waals surface area contributed by atoms with E-state index in [9.17, 15) is 4.79 Å². The minimum atomic E-state index is -0.0184. The maximum absolute atomic E-state index is 11.6. The molecule has 0 radical (unpaired) electrons. The Hall–Kier alpha value is -1.85. The third-order valence-electron chi connectivity index (χ3n) is 2.62. The number of anilines is 1. The summed E-state index contributed by atoms with van der Waals surface area (Å²) in [7, 11) is 1.82. The van der Waals surface area contributed by atoms with Crippen molar-refractivity contribution in [1.29, 1.82) is 0 Å². The summed E-state index contributed by atoms with van der Waals surface area (Å²) in [6.45, 7) is 2.50. The van der Waals surface area contributed by atoms with Gasteiger partial charge in [-0.15, -0.1) is 12.4 Å². The average molecular weight is 296 g/mol. The fraction of sp³-hybridized carbons (Fsp3) is 0.286. The number of amides is 1. The second kappa shape index (κ2) is 7.67. The first-order valence-electron chi connectivity index (χ1n) is 6.16. The highest BCUT2D eigenvalue weighted by molar-refractivity contribution is 5.91. The van der Waals surface area contributed by atoms with Crippen molar-refractivity contribution < 1.29 is 9.21 Å². The number of aryl methyl sites for hydroxylation is 1. The number of halogens is 1. The van der Waals surface area contributed by atoms with Gasteiger partial charge in [-0.05, 0) is 32.2 Å². The number of hydrogen-bond donors (Lipinski definition) is 2. The molecule has 6 heteroatoms. The Morgan fingerprint density at radius 2 is 2.20 bits per heavy atom. The fourth-order valence-corrected chi connectivity index (χ4v) is 1.68. The zero-order chi connectivity index (χ0) is 13.7. The zero-order valence-electron chi connectivity index (χ0n) is 11.5. The van der Waals surface area contributed by atoms with Crippen LogP contribution in [0.15, 0.2) is 34.9 Å². The Bertz CT molecular complexity index is 569. The maximum atomic E-state index is 11.6. The summed E-state index contributed by atoms with van der Waals surface area (Å²) in [5.41, 5.74) is 1.59. The summed E-state index contributed by atoms with van der Waals surface area (Å²) in [4.78, 5) is 15.8. The molecule has 0 aliphatic heterocycles. The number of nitrogens with zero attached hydrogens (tertiary/aromatic N) is 1. The van der Waals surface area contributed by atoms with Crippen molar-refractivity contribution in [2.24, 2.45) is 0 Å². The molecule has 0 unspecified atom stereocenters. The first-order chi connectivity index (χ1) is 9.19. The number of rotatable bonds is 5. The normalized spacial score (nSPS) is 9.90. The molecule has 1 aromatic heterocycles. The van der Waals surface area contributed by atoms with Crippen molar-refractivity contribution in [3.05, 3.63) is 36.2 Å². The lowest BCUT2D eigenvalue weighted by Crippen LogP contribution is -2.18. The second-order valence-corrected chi connectivity index (χ2v) is 4.26. The van der Waals surface area contributed by atoms with E-state index in [4.69, 9.17) is 4.42 Å². The first-order valence-corrected chi connectivity index (χ1v) is 6.16. The number of oxazole rings is 1. The fourth-order valence-electron chi connectivity index (χ4n) is 1.68. The Balaban J connectivity index is 0.00000200. The summed E-state index contributed by atoms with van der Waals surface area (Å²) in [6, 6.07) is 7.45.